The van der Waals surface area contributed by atoms with E-state index in [1.54, 1.807) is 12.1 Å². The van der Waals surface area contributed by atoms with Crippen LogP contribution in [0.2, 0.25) is 0 Å². The van der Waals surface area contributed by atoms with Gasteiger partial charge >= 0.3 is 5.97 Å². The number of rotatable bonds is 4. The van der Waals surface area contributed by atoms with Gasteiger partial charge in [0.15, 0.2) is 0 Å². The molecule has 0 aliphatic heterocycles. The summed E-state index contributed by atoms with van der Waals surface area (Å²) in [4.78, 5) is 13.1. The summed E-state index contributed by atoms with van der Waals surface area (Å²) in [5.41, 5.74) is 2.16. The van der Waals surface area contributed by atoms with Gasteiger partial charge in [-0.25, -0.2) is 4.79 Å². The van der Waals surface area contributed by atoms with Crippen LogP contribution in [0.5, 0.6) is 0 Å². The summed E-state index contributed by atoms with van der Waals surface area (Å²) in [6.07, 6.45) is 0. The van der Waals surface area contributed by atoms with Gasteiger partial charge in [-0.15, -0.1) is 0 Å². The van der Waals surface area contributed by atoms with Gasteiger partial charge in [-0.3, -0.25) is 0 Å². The SMILES string of the molecule is CN(Cc1cccc(Br)c1)c1ccccc1C(=O)O. The Morgan fingerprint density at radius 3 is 2.63 bits per heavy atom. The molecule has 0 fully saturated rings. The maximum atomic E-state index is 11.2. The summed E-state index contributed by atoms with van der Waals surface area (Å²) in [6.45, 7) is 0.656. The fraction of sp³-hybridized carbons (Fsp3) is 0.133. The Labute approximate surface area is 120 Å². The van der Waals surface area contributed by atoms with Crippen molar-refractivity contribution in [2.75, 3.05) is 11.9 Å². The van der Waals surface area contributed by atoms with E-state index in [1.807, 2.05) is 48.3 Å². The van der Waals surface area contributed by atoms with Gasteiger partial charge in [-0.1, -0.05) is 40.2 Å². The predicted octanol–water partition coefficient (Wildman–Crippen LogP) is 3.78. The van der Waals surface area contributed by atoms with Gasteiger partial charge in [0.25, 0.3) is 0 Å². The first kappa shape index (κ1) is 13.6. The molecule has 0 amide bonds. The fourth-order valence-electron chi connectivity index (χ4n) is 1.98. The molecule has 0 unspecified atom stereocenters. The van der Waals surface area contributed by atoms with Crippen LogP contribution in [0.4, 0.5) is 5.69 Å². The first-order valence-electron chi connectivity index (χ1n) is 5.86. The van der Waals surface area contributed by atoms with Gasteiger partial charge in [0.05, 0.1) is 11.3 Å². The molecule has 0 heterocycles. The van der Waals surface area contributed by atoms with E-state index in [2.05, 4.69) is 15.9 Å². The Morgan fingerprint density at radius 1 is 1.21 bits per heavy atom. The summed E-state index contributed by atoms with van der Waals surface area (Å²) < 4.78 is 1.02. The Bertz CT molecular complexity index is 598. The summed E-state index contributed by atoms with van der Waals surface area (Å²) >= 11 is 3.43. The minimum atomic E-state index is -0.906. The molecule has 0 bridgehead atoms. The highest BCUT2D eigenvalue weighted by Crippen LogP contribution is 2.22. The van der Waals surface area contributed by atoms with Crippen LogP contribution in [-0.4, -0.2) is 18.1 Å². The molecular formula is C15H14BrNO2. The molecule has 0 aliphatic carbocycles. The lowest BCUT2D eigenvalue weighted by atomic mass is 10.1. The normalized spacial score (nSPS) is 10.2. The van der Waals surface area contributed by atoms with Gasteiger partial charge in [0, 0.05) is 18.1 Å². The molecule has 3 nitrogen and oxygen atoms in total. The van der Waals surface area contributed by atoms with Crippen molar-refractivity contribution in [3.63, 3.8) is 0 Å². The molecular weight excluding hydrogens is 306 g/mol. The van der Waals surface area contributed by atoms with Crippen molar-refractivity contribution in [2.45, 2.75) is 6.54 Å². The summed E-state index contributed by atoms with van der Waals surface area (Å²) in [5, 5.41) is 9.19. The molecule has 0 atom stereocenters. The largest absolute Gasteiger partial charge is 0.478 e. The summed E-state index contributed by atoms with van der Waals surface area (Å²) in [5.74, 6) is -0.906. The molecule has 0 saturated carbocycles. The molecule has 1 N–H and O–H groups in total. The van der Waals surface area contributed by atoms with Crippen molar-refractivity contribution in [2.24, 2.45) is 0 Å². The first-order valence-corrected chi connectivity index (χ1v) is 6.65. The lowest BCUT2D eigenvalue weighted by Gasteiger charge is -2.21. The van der Waals surface area contributed by atoms with Gasteiger partial charge in [-0.05, 0) is 29.8 Å². The molecule has 4 heteroatoms. The summed E-state index contributed by atoms with van der Waals surface area (Å²) in [7, 11) is 1.89. The van der Waals surface area contributed by atoms with E-state index in [4.69, 9.17) is 0 Å². The Kier molecular flexibility index (Phi) is 4.22. The van der Waals surface area contributed by atoms with E-state index in [0.717, 1.165) is 15.7 Å². The monoisotopic (exact) mass is 319 g/mol. The maximum absolute atomic E-state index is 11.2. The van der Waals surface area contributed by atoms with Crippen molar-refractivity contribution in [1.29, 1.82) is 0 Å². The van der Waals surface area contributed by atoms with E-state index >= 15 is 0 Å². The highest BCUT2D eigenvalue weighted by molar-refractivity contribution is 9.10. The third-order valence-corrected chi connectivity index (χ3v) is 3.35. The molecule has 0 saturated heterocycles. The van der Waals surface area contributed by atoms with Crippen LogP contribution in [0, 0.1) is 0 Å². The second kappa shape index (κ2) is 5.89. The quantitative estimate of drug-likeness (QED) is 0.932. The van der Waals surface area contributed by atoms with Crippen molar-refractivity contribution in [1.82, 2.24) is 0 Å². The zero-order valence-corrected chi connectivity index (χ0v) is 12.1. The number of anilines is 1. The van der Waals surface area contributed by atoms with Crippen LogP contribution in [0.1, 0.15) is 15.9 Å². The smallest absolute Gasteiger partial charge is 0.337 e. The molecule has 0 spiro atoms. The van der Waals surface area contributed by atoms with Crippen LogP contribution in [0.15, 0.2) is 53.0 Å². The Hall–Kier alpha value is -1.81. The molecule has 2 rings (SSSR count). The number of carboxylic acids is 1. The lowest BCUT2D eigenvalue weighted by molar-refractivity contribution is 0.0697. The number of hydrogen-bond donors (Lipinski definition) is 1. The number of carboxylic acid groups (broad SMARTS) is 1. The third kappa shape index (κ3) is 3.35. The topological polar surface area (TPSA) is 40.5 Å². The minimum absolute atomic E-state index is 0.319. The number of halogens is 1. The minimum Gasteiger partial charge on any atom is -0.478 e. The zero-order valence-electron chi connectivity index (χ0n) is 10.5. The highest BCUT2D eigenvalue weighted by Gasteiger charge is 2.12. The number of hydrogen-bond acceptors (Lipinski definition) is 2. The van der Waals surface area contributed by atoms with Crippen LogP contribution in [0.25, 0.3) is 0 Å². The third-order valence-electron chi connectivity index (χ3n) is 2.85. The van der Waals surface area contributed by atoms with E-state index in [9.17, 15) is 9.90 Å². The van der Waals surface area contributed by atoms with Crippen LogP contribution in [-0.2, 0) is 6.54 Å². The molecule has 0 aromatic heterocycles. The van der Waals surface area contributed by atoms with E-state index < -0.39 is 5.97 Å². The molecule has 2 aromatic carbocycles. The first-order chi connectivity index (χ1) is 9.08. The average Bonchev–Trinajstić information content (AvgIpc) is 2.38. The average molecular weight is 320 g/mol. The van der Waals surface area contributed by atoms with Gasteiger partial charge in [0.2, 0.25) is 0 Å². The number of benzene rings is 2. The second-order valence-corrected chi connectivity index (χ2v) is 5.22. The lowest BCUT2D eigenvalue weighted by Crippen LogP contribution is -2.19. The molecule has 98 valence electrons. The zero-order chi connectivity index (χ0) is 13.8. The van der Waals surface area contributed by atoms with Gasteiger partial charge < -0.3 is 10.0 Å². The van der Waals surface area contributed by atoms with E-state index in [-0.39, 0.29) is 0 Å². The van der Waals surface area contributed by atoms with Crippen molar-refractivity contribution >= 4 is 27.6 Å². The maximum Gasteiger partial charge on any atom is 0.337 e. The number of para-hydroxylation sites is 1. The van der Waals surface area contributed by atoms with Gasteiger partial charge in [-0.2, -0.15) is 0 Å². The summed E-state index contributed by atoms with van der Waals surface area (Å²) in [6, 6.07) is 15.0. The van der Waals surface area contributed by atoms with Crippen molar-refractivity contribution in [3.05, 3.63) is 64.1 Å². The van der Waals surface area contributed by atoms with Crippen LogP contribution in [0.3, 0.4) is 0 Å². The molecule has 0 radical (unpaired) electrons. The number of aromatic carboxylic acids is 1. The second-order valence-electron chi connectivity index (χ2n) is 4.31. The predicted molar refractivity (Wildman–Crippen MR) is 79.7 cm³/mol. The Balaban J connectivity index is 2.25. The van der Waals surface area contributed by atoms with Gasteiger partial charge in [0.1, 0.15) is 0 Å². The molecule has 0 aliphatic rings. The van der Waals surface area contributed by atoms with Crippen molar-refractivity contribution in [3.8, 4) is 0 Å². The van der Waals surface area contributed by atoms with Crippen LogP contribution >= 0.6 is 15.9 Å². The number of nitrogens with zero attached hydrogens (tertiary/aromatic N) is 1. The van der Waals surface area contributed by atoms with E-state index in [0.29, 0.717) is 12.1 Å². The van der Waals surface area contributed by atoms with Crippen molar-refractivity contribution < 1.29 is 9.90 Å². The fourth-order valence-corrected chi connectivity index (χ4v) is 2.43. The van der Waals surface area contributed by atoms with Crippen LogP contribution < -0.4 is 4.90 Å². The van der Waals surface area contributed by atoms with E-state index in [1.165, 1.54) is 0 Å². The Morgan fingerprint density at radius 2 is 1.95 bits per heavy atom. The standard InChI is InChI=1S/C15H14BrNO2/c1-17(10-11-5-4-6-12(16)9-11)14-8-3-2-7-13(14)15(18)19/h2-9H,10H2,1H3,(H,18,19). The highest BCUT2D eigenvalue weighted by atomic mass is 79.9. The molecule has 2 aromatic rings. The molecule has 19 heavy (non-hydrogen) atoms. The number of carbonyl (C=O) groups is 1.